The summed E-state index contributed by atoms with van der Waals surface area (Å²) in [6.07, 6.45) is 0. The zero-order valence-corrected chi connectivity index (χ0v) is 13.3. The highest BCUT2D eigenvalue weighted by molar-refractivity contribution is 7.80. The van der Waals surface area contributed by atoms with E-state index in [9.17, 15) is 47.8 Å². The highest BCUT2D eigenvalue weighted by atomic mass is 32.3. The van der Waals surface area contributed by atoms with Gasteiger partial charge in [-0.3, -0.25) is 8.94 Å². The molecule has 1 N–H and O–H groups in total. The van der Waals surface area contributed by atoms with Gasteiger partial charge in [0.2, 0.25) is 27.7 Å². The summed E-state index contributed by atoms with van der Waals surface area (Å²) in [5, 5.41) is 0. The van der Waals surface area contributed by atoms with Gasteiger partial charge in [0.1, 0.15) is 0 Å². The molecule has 0 aliphatic carbocycles. The van der Waals surface area contributed by atoms with E-state index >= 15 is 0 Å². The molecule has 28 heavy (non-hydrogen) atoms. The van der Waals surface area contributed by atoms with Crippen LogP contribution in [0.1, 0.15) is 36.6 Å². The van der Waals surface area contributed by atoms with E-state index in [1.165, 1.54) is 0 Å². The SMILES string of the molecule is C.C.C.C.CCOCF.CF.FCF.FCF.FCF.FCF.O=S(=O)(O)F. The predicted molar refractivity (Wildman–Crippen MR) is 92.5 cm³/mol. The summed E-state index contributed by atoms with van der Waals surface area (Å²) in [6.45, 7) is -5.44. The van der Waals surface area contributed by atoms with Crippen LogP contribution in [0.2, 0.25) is 0 Å². The third-order valence-corrected chi connectivity index (χ3v) is 0.281. The van der Waals surface area contributed by atoms with Crippen LogP contribution >= 0.6 is 0 Å². The highest BCUT2D eigenvalue weighted by Crippen LogP contribution is 1.74. The monoisotopic (exact) mass is 484 g/mol. The van der Waals surface area contributed by atoms with Crippen molar-refractivity contribution in [1.82, 2.24) is 0 Å². The molecule has 0 amide bonds. The van der Waals surface area contributed by atoms with Crippen molar-refractivity contribution in [2.24, 2.45) is 0 Å². The largest absolute Gasteiger partial charge is 0.435 e. The van der Waals surface area contributed by atoms with Crippen LogP contribution in [-0.4, -0.2) is 61.3 Å². The summed E-state index contributed by atoms with van der Waals surface area (Å²) < 4.78 is 136. The van der Waals surface area contributed by atoms with Gasteiger partial charge in [-0.15, -0.1) is 0 Å². The summed E-state index contributed by atoms with van der Waals surface area (Å²) in [7, 11) is -4.67. The molecule has 0 saturated heterocycles. The molecule has 0 aromatic heterocycles. The first-order valence-electron chi connectivity index (χ1n) is 4.74. The molecule has 4 nitrogen and oxygen atoms in total. The minimum absolute atomic E-state index is 0. The maximum atomic E-state index is 10.8. The van der Waals surface area contributed by atoms with Crippen molar-refractivity contribution in [3.05, 3.63) is 0 Å². The van der Waals surface area contributed by atoms with E-state index in [-0.39, 0.29) is 29.7 Å². The van der Waals surface area contributed by atoms with Crippen molar-refractivity contribution < 1.29 is 65.5 Å². The standard InChI is InChI=1S/C3H7FO.4CH2F2.CH3F.4CH4.FHO3S/c1-2-5-3-4;4*2-1-3;1-2;;;;;1-5(2,3)4/h2-3H2,1H3;4*1H2;1H3;4*1H4;(H,2,3,4). The number of hydrogen-bond donors (Lipinski definition) is 1. The molecule has 0 aromatic carbocycles. The lowest BCUT2D eigenvalue weighted by Gasteiger charge is -1.83. The molecule has 0 aromatic rings. The first kappa shape index (κ1) is 71.2. The van der Waals surface area contributed by atoms with Gasteiger partial charge in [-0.25, -0.2) is 39.5 Å². The molecule has 0 saturated carbocycles. The van der Waals surface area contributed by atoms with Crippen LogP contribution in [0.3, 0.4) is 0 Å². The molecule has 0 atom stereocenters. The molecule has 0 spiro atoms. The van der Waals surface area contributed by atoms with Gasteiger partial charge >= 0.3 is 10.5 Å². The first-order chi connectivity index (χ1) is 11.1. The summed E-state index contributed by atoms with van der Waals surface area (Å²) in [5.41, 5.74) is 0. The van der Waals surface area contributed by atoms with E-state index in [1.807, 2.05) is 0 Å². The Morgan fingerprint density at radius 2 is 0.786 bits per heavy atom. The van der Waals surface area contributed by atoms with E-state index in [0.29, 0.717) is 13.8 Å². The lowest BCUT2D eigenvalue weighted by Crippen LogP contribution is -1.82. The minimum atomic E-state index is -5.17. The quantitative estimate of drug-likeness (QED) is 0.253. The molecule has 0 fully saturated rings. The summed E-state index contributed by atoms with van der Waals surface area (Å²) in [4.78, 5) is 0. The number of rotatable bonds is 2. The van der Waals surface area contributed by atoms with Crippen LogP contribution in [0.4, 0.5) is 47.8 Å². The maximum Gasteiger partial charge on any atom is 0.435 e. The van der Waals surface area contributed by atoms with Crippen LogP contribution < -0.4 is 0 Å². The molecular weight excluding hydrogens is 449 g/mol. The Kier molecular flexibility index (Phi) is 286. The summed E-state index contributed by atoms with van der Waals surface area (Å²) >= 11 is 0. The number of alkyl halides is 10. The fourth-order valence-corrected chi connectivity index (χ4v) is 0.0772. The maximum absolute atomic E-state index is 10.8. The fraction of sp³-hybridized carbons (Fsp3) is 1.00. The van der Waals surface area contributed by atoms with Gasteiger partial charge in [0, 0.05) is 6.61 Å². The van der Waals surface area contributed by atoms with E-state index in [0.717, 1.165) is 0 Å². The van der Waals surface area contributed by atoms with Crippen molar-refractivity contribution in [2.75, 3.05) is 48.4 Å². The molecule has 16 heteroatoms. The number of ether oxygens (including phenoxy) is 1. The Hall–Kier alpha value is -0.900. The lowest BCUT2D eigenvalue weighted by molar-refractivity contribution is 0.0672. The van der Waals surface area contributed by atoms with Gasteiger partial charge in [0.15, 0.2) is 6.86 Å². The van der Waals surface area contributed by atoms with Crippen molar-refractivity contribution in [1.29, 1.82) is 0 Å². The molecular formula is C12H35F11O4S. The fourth-order valence-electron chi connectivity index (χ4n) is 0.0772. The Balaban J connectivity index is -0.0000000133. The van der Waals surface area contributed by atoms with Crippen LogP contribution in [-0.2, 0) is 15.2 Å². The van der Waals surface area contributed by atoms with Gasteiger partial charge in [-0.1, -0.05) is 33.6 Å². The Bertz CT molecular complexity index is 198. The van der Waals surface area contributed by atoms with Gasteiger partial charge in [-0.2, -0.15) is 8.42 Å². The molecule has 0 aliphatic rings. The minimum Gasteiger partial charge on any atom is -0.351 e. The second-order valence-corrected chi connectivity index (χ2v) is 2.24. The average molecular weight is 484 g/mol. The summed E-state index contributed by atoms with van der Waals surface area (Å²) in [5.74, 6) is 0. The normalized spacial score (nSPS) is 6.36. The van der Waals surface area contributed by atoms with E-state index < -0.39 is 45.1 Å². The highest BCUT2D eigenvalue weighted by Gasteiger charge is 1.89. The zero-order valence-electron chi connectivity index (χ0n) is 12.5. The van der Waals surface area contributed by atoms with Crippen LogP contribution in [0, 0.1) is 0 Å². The third-order valence-electron chi connectivity index (χ3n) is 0.281. The predicted octanol–water partition coefficient (Wildman–Crippen LogP) is 7.37. The van der Waals surface area contributed by atoms with Crippen molar-refractivity contribution in [3.8, 4) is 0 Å². The lowest BCUT2D eigenvalue weighted by atomic mass is 10.9. The molecule has 0 heterocycles. The first-order valence-corrected chi connectivity index (χ1v) is 6.08. The molecule has 0 unspecified atom stereocenters. The topological polar surface area (TPSA) is 63.6 Å². The Labute approximate surface area is 162 Å². The zero-order chi connectivity index (χ0) is 21.4. The average Bonchev–Trinajstić information content (AvgIpc) is 2.43. The third kappa shape index (κ3) is 12000. The smallest absolute Gasteiger partial charge is 0.351 e. The van der Waals surface area contributed by atoms with Crippen LogP contribution in [0.15, 0.2) is 0 Å². The second-order valence-electron chi connectivity index (χ2n) is 1.42. The van der Waals surface area contributed by atoms with Crippen LogP contribution in [0.25, 0.3) is 0 Å². The Morgan fingerprint density at radius 3 is 0.786 bits per heavy atom. The number of hydrogen-bond acceptors (Lipinski definition) is 3. The van der Waals surface area contributed by atoms with E-state index in [2.05, 4.69) is 4.74 Å². The Morgan fingerprint density at radius 1 is 0.679 bits per heavy atom. The van der Waals surface area contributed by atoms with Gasteiger partial charge in [0.05, 0.1) is 7.18 Å². The molecule has 0 bridgehead atoms. The molecule has 0 radical (unpaired) electrons. The molecule has 0 rings (SSSR count). The van der Waals surface area contributed by atoms with Crippen LogP contribution in [0.5, 0.6) is 0 Å². The van der Waals surface area contributed by atoms with Gasteiger partial charge in [0.25, 0.3) is 0 Å². The van der Waals surface area contributed by atoms with Crippen molar-refractivity contribution >= 4 is 10.5 Å². The number of halogens is 11. The van der Waals surface area contributed by atoms with E-state index in [1.54, 1.807) is 6.92 Å². The van der Waals surface area contributed by atoms with E-state index in [4.69, 9.17) is 13.0 Å². The second kappa shape index (κ2) is 112. The molecule has 0 aliphatic heterocycles. The molecule has 190 valence electrons. The van der Waals surface area contributed by atoms with Crippen molar-refractivity contribution in [3.63, 3.8) is 0 Å². The van der Waals surface area contributed by atoms with Crippen molar-refractivity contribution in [2.45, 2.75) is 36.6 Å². The van der Waals surface area contributed by atoms with Gasteiger partial charge < -0.3 is 4.74 Å². The summed E-state index contributed by atoms with van der Waals surface area (Å²) in [6, 6.07) is 0. The van der Waals surface area contributed by atoms with Gasteiger partial charge in [-0.05, 0) is 6.92 Å².